The summed E-state index contributed by atoms with van der Waals surface area (Å²) in [5.74, 6) is -2.09. The lowest BCUT2D eigenvalue weighted by Gasteiger charge is -2.29. The van der Waals surface area contributed by atoms with Crippen LogP contribution in [0.2, 0.25) is 0 Å². The fourth-order valence-corrected chi connectivity index (χ4v) is 4.63. The zero-order valence-electron chi connectivity index (χ0n) is 19.2. The number of halogens is 2. The van der Waals surface area contributed by atoms with Crippen LogP contribution in [-0.2, 0) is 9.53 Å². The average Bonchev–Trinajstić information content (AvgIpc) is 3.30. The molecule has 182 valence electrons. The van der Waals surface area contributed by atoms with E-state index in [9.17, 15) is 18.4 Å². The summed E-state index contributed by atoms with van der Waals surface area (Å²) < 4.78 is 32.2. The van der Waals surface area contributed by atoms with Gasteiger partial charge in [-0.2, -0.15) is 5.10 Å². The van der Waals surface area contributed by atoms with Gasteiger partial charge in [0.15, 0.2) is 12.3 Å². The SMILES string of the molecule is O=C(OCC(=O)N1N=C2/C(=C\c3ccc(F)cc3)CCCC2C1c1ccc(F)cc1)c1cnccn1. The number of allylic oxidation sites excluding steroid dienone is 1. The van der Waals surface area contributed by atoms with Gasteiger partial charge in [0.05, 0.1) is 18.0 Å². The highest BCUT2D eigenvalue weighted by Gasteiger charge is 2.43. The molecule has 1 amide bonds. The lowest BCUT2D eigenvalue weighted by molar-refractivity contribution is -0.137. The number of hydrogen-bond donors (Lipinski definition) is 0. The lowest BCUT2D eigenvalue weighted by atomic mass is 9.77. The van der Waals surface area contributed by atoms with E-state index < -0.39 is 24.5 Å². The van der Waals surface area contributed by atoms with E-state index in [1.54, 1.807) is 24.3 Å². The van der Waals surface area contributed by atoms with Gasteiger partial charge in [0.2, 0.25) is 0 Å². The molecule has 9 heteroatoms. The van der Waals surface area contributed by atoms with Crippen molar-refractivity contribution in [2.24, 2.45) is 11.0 Å². The van der Waals surface area contributed by atoms with E-state index in [1.165, 1.54) is 47.9 Å². The van der Waals surface area contributed by atoms with Crippen LogP contribution in [0, 0.1) is 17.6 Å². The second kappa shape index (κ2) is 10.2. The van der Waals surface area contributed by atoms with Gasteiger partial charge >= 0.3 is 5.97 Å². The summed E-state index contributed by atoms with van der Waals surface area (Å²) in [5, 5.41) is 6.02. The first-order valence-electron chi connectivity index (χ1n) is 11.6. The van der Waals surface area contributed by atoms with Gasteiger partial charge in [-0.25, -0.2) is 23.6 Å². The van der Waals surface area contributed by atoms with Gasteiger partial charge < -0.3 is 4.74 Å². The van der Waals surface area contributed by atoms with E-state index in [0.29, 0.717) is 0 Å². The third-order valence-corrected chi connectivity index (χ3v) is 6.28. The molecule has 0 N–H and O–H groups in total. The van der Waals surface area contributed by atoms with Crippen molar-refractivity contribution < 1.29 is 23.1 Å². The standard InChI is InChI=1S/C27H22F2N4O3/c28-20-8-4-17(5-9-20)14-19-2-1-3-22-25(19)32-33(26(22)18-6-10-21(29)11-7-18)24(34)16-36-27(35)23-15-30-12-13-31-23/h4-15,22,26H,1-3,16H2/b19-14-. The van der Waals surface area contributed by atoms with E-state index in [-0.39, 0.29) is 23.2 Å². The number of carbonyl (C=O) groups is 2. The molecule has 0 bridgehead atoms. The maximum atomic E-state index is 13.7. The van der Waals surface area contributed by atoms with Crippen LogP contribution in [0.3, 0.4) is 0 Å². The Morgan fingerprint density at radius 1 is 1.03 bits per heavy atom. The molecule has 2 aliphatic rings. The first-order valence-corrected chi connectivity index (χ1v) is 11.6. The molecule has 1 aliphatic carbocycles. The van der Waals surface area contributed by atoms with Gasteiger partial charge in [-0.15, -0.1) is 0 Å². The summed E-state index contributed by atoms with van der Waals surface area (Å²) in [6, 6.07) is 11.7. The second-order valence-electron chi connectivity index (χ2n) is 8.61. The Bertz CT molecular complexity index is 1330. The molecule has 1 aromatic heterocycles. The van der Waals surface area contributed by atoms with Gasteiger partial charge in [-0.05, 0) is 66.3 Å². The molecule has 3 aromatic rings. The molecule has 2 aromatic carbocycles. The molecular formula is C27H22F2N4O3. The maximum Gasteiger partial charge on any atom is 0.359 e. The van der Waals surface area contributed by atoms with E-state index in [4.69, 9.17) is 4.74 Å². The van der Waals surface area contributed by atoms with Crippen LogP contribution >= 0.6 is 0 Å². The summed E-state index contributed by atoms with van der Waals surface area (Å²) >= 11 is 0. The van der Waals surface area contributed by atoms with Crippen molar-refractivity contribution in [3.8, 4) is 0 Å². The molecule has 2 heterocycles. The highest BCUT2D eigenvalue weighted by Crippen LogP contribution is 2.44. The highest BCUT2D eigenvalue weighted by atomic mass is 19.1. The third-order valence-electron chi connectivity index (χ3n) is 6.28. The van der Waals surface area contributed by atoms with Crippen molar-refractivity contribution in [3.05, 3.63) is 101 Å². The fourth-order valence-electron chi connectivity index (χ4n) is 4.63. The van der Waals surface area contributed by atoms with Crippen molar-refractivity contribution in [1.82, 2.24) is 15.0 Å². The Labute approximate surface area is 206 Å². The minimum atomic E-state index is -0.768. The summed E-state index contributed by atoms with van der Waals surface area (Å²) in [5.41, 5.74) is 3.27. The second-order valence-corrected chi connectivity index (χ2v) is 8.61. The van der Waals surface area contributed by atoms with Crippen molar-refractivity contribution in [1.29, 1.82) is 0 Å². The molecular weight excluding hydrogens is 466 g/mol. The molecule has 7 nitrogen and oxygen atoms in total. The number of hydrogen-bond acceptors (Lipinski definition) is 6. The van der Waals surface area contributed by atoms with Crippen LogP contribution < -0.4 is 0 Å². The Hall–Kier alpha value is -4.27. The van der Waals surface area contributed by atoms with Gasteiger partial charge in [0.25, 0.3) is 5.91 Å². The molecule has 5 rings (SSSR count). The highest BCUT2D eigenvalue weighted by molar-refractivity contribution is 6.08. The minimum absolute atomic E-state index is 0.00805. The Balaban J connectivity index is 1.44. The molecule has 1 saturated carbocycles. The zero-order chi connectivity index (χ0) is 25.1. The first-order chi connectivity index (χ1) is 17.5. The minimum Gasteiger partial charge on any atom is -0.451 e. The van der Waals surface area contributed by atoms with Crippen LogP contribution in [0.5, 0.6) is 0 Å². The molecule has 0 saturated heterocycles. The number of benzene rings is 2. The van der Waals surface area contributed by atoms with Crippen molar-refractivity contribution >= 4 is 23.7 Å². The number of hydrazone groups is 1. The predicted octanol–water partition coefficient (Wildman–Crippen LogP) is 4.73. The molecule has 2 unspecified atom stereocenters. The first kappa shape index (κ1) is 23.5. The Morgan fingerprint density at radius 2 is 1.75 bits per heavy atom. The van der Waals surface area contributed by atoms with Crippen LogP contribution in [0.25, 0.3) is 6.08 Å². The quantitative estimate of drug-likeness (QED) is 0.485. The maximum absolute atomic E-state index is 13.7. The van der Waals surface area contributed by atoms with Crippen LogP contribution in [-0.4, -0.2) is 39.2 Å². The normalized spacial score (nSPS) is 20.1. The number of aromatic nitrogens is 2. The Morgan fingerprint density at radius 3 is 2.44 bits per heavy atom. The average molecular weight is 488 g/mol. The monoisotopic (exact) mass is 488 g/mol. The van der Waals surface area contributed by atoms with Crippen molar-refractivity contribution in [2.75, 3.05) is 6.61 Å². The number of fused-ring (bicyclic) bond motifs is 1. The third kappa shape index (κ3) is 4.91. The van der Waals surface area contributed by atoms with Crippen LogP contribution in [0.1, 0.15) is 46.9 Å². The number of ether oxygens (including phenoxy) is 1. The number of esters is 1. The van der Waals surface area contributed by atoms with Crippen molar-refractivity contribution in [3.63, 3.8) is 0 Å². The zero-order valence-corrected chi connectivity index (χ0v) is 19.2. The van der Waals surface area contributed by atoms with E-state index in [0.717, 1.165) is 41.7 Å². The number of nitrogens with zero attached hydrogens (tertiary/aromatic N) is 4. The largest absolute Gasteiger partial charge is 0.451 e. The Kier molecular flexibility index (Phi) is 6.62. The smallest absolute Gasteiger partial charge is 0.359 e. The summed E-state index contributed by atoms with van der Waals surface area (Å²) in [6.07, 6.45) is 8.40. The van der Waals surface area contributed by atoms with Gasteiger partial charge in [0, 0.05) is 18.3 Å². The summed E-state index contributed by atoms with van der Waals surface area (Å²) in [7, 11) is 0. The van der Waals surface area contributed by atoms with Crippen LogP contribution in [0.15, 0.2) is 77.8 Å². The van der Waals surface area contributed by atoms with Gasteiger partial charge in [-0.1, -0.05) is 24.3 Å². The number of rotatable bonds is 5. The predicted molar refractivity (Wildman–Crippen MR) is 127 cm³/mol. The van der Waals surface area contributed by atoms with Gasteiger partial charge in [0.1, 0.15) is 11.6 Å². The van der Waals surface area contributed by atoms with E-state index in [1.807, 2.05) is 6.08 Å². The molecule has 36 heavy (non-hydrogen) atoms. The molecule has 1 fully saturated rings. The topological polar surface area (TPSA) is 84.8 Å². The molecule has 0 spiro atoms. The fraction of sp³-hybridized carbons (Fsp3) is 0.222. The van der Waals surface area contributed by atoms with E-state index >= 15 is 0 Å². The number of amides is 1. The number of carbonyl (C=O) groups excluding carboxylic acids is 2. The summed E-state index contributed by atoms with van der Waals surface area (Å²) in [6.45, 7) is -0.534. The molecule has 2 atom stereocenters. The van der Waals surface area contributed by atoms with E-state index in [2.05, 4.69) is 15.1 Å². The van der Waals surface area contributed by atoms with Crippen LogP contribution in [0.4, 0.5) is 8.78 Å². The van der Waals surface area contributed by atoms with Crippen molar-refractivity contribution in [2.45, 2.75) is 25.3 Å². The molecule has 0 radical (unpaired) electrons. The van der Waals surface area contributed by atoms with Gasteiger partial charge in [-0.3, -0.25) is 9.78 Å². The summed E-state index contributed by atoms with van der Waals surface area (Å²) in [4.78, 5) is 33.2. The lowest BCUT2D eigenvalue weighted by Crippen LogP contribution is -2.34. The molecule has 1 aliphatic heterocycles.